The van der Waals surface area contributed by atoms with Crippen LogP contribution in [0.15, 0.2) is 17.7 Å². The summed E-state index contributed by atoms with van der Waals surface area (Å²) in [5, 5.41) is 18.9. The summed E-state index contributed by atoms with van der Waals surface area (Å²) in [7, 11) is 4.09. The normalized spacial score (nSPS) is 10.4. The predicted octanol–water partition coefficient (Wildman–Crippen LogP) is 4.67. The summed E-state index contributed by atoms with van der Waals surface area (Å²) in [4.78, 5) is 3.08. The maximum absolute atomic E-state index is 8.81. The van der Waals surface area contributed by atoms with E-state index >= 15 is 0 Å². The van der Waals surface area contributed by atoms with Crippen LogP contribution in [0.1, 0.15) is 4.88 Å². The van der Waals surface area contributed by atoms with Gasteiger partial charge in [0.1, 0.15) is 17.7 Å². The number of thiophene rings is 3. The van der Waals surface area contributed by atoms with E-state index in [1.165, 1.54) is 23.8 Å². The summed E-state index contributed by atoms with van der Waals surface area (Å²) in [6, 6.07) is 8.07. The molecule has 0 amide bonds. The molecule has 0 atom stereocenters. The Morgan fingerprint density at radius 3 is 2.35 bits per heavy atom. The Morgan fingerprint density at radius 2 is 1.70 bits per heavy atom. The summed E-state index contributed by atoms with van der Waals surface area (Å²) in [6.07, 6.45) is 1.66. The molecule has 0 N–H and O–H groups in total. The Morgan fingerprint density at radius 1 is 1.05 bits per heavy atom. The maximum Gasteiger partial charge on any atom is 0.131 e. The molecule has 98 valence electrons. The minimum absolute atomic E-state index is 0.148. The van der Waals surface area contributed by atoms with Gasteiger partial charge in [0.05, 0.1) is 14.4 Å². The summed E-state index contributed by atoms with van der Waals surface area (Å²) < 4.78 is 5.08. The summed E-state index contributed by atoms with van der Waals surface area (Å²) in [5.74, 6) is 0. The second-order valence-corrected chi connectivity index (χ2v) is 7.60. The lowest BCUT2D eigenvalue weighted by Crippen LogP contribution is -2.05. The van der Waals surface area contributed by atoms with E-state index in [4.69, 9.17) is 10.5 Å². The zero-order chi connectivity index (χ0) is 14.3. The van der Waals surface area contributed by atoms with Gasteiger partial charge in [0.2, 0.25) is 0 Å². The van der Waals surface area contributed by atoms with Crippen LogP contribution in [0, 0.1) is 22.7 Å². The maximum atomic E-state index is 8.81. The minimum atomic E-state index is 0.148. The average molecular weight is 315 g/mol. The van der Waals surface area contributed by atoms with Crippen molar-refractivity contribution in [2.45, 2.75) is 0 Å². The topological polar surface area (TPSA) is 50.8 Å². The molecule has 3 aromatic rings. The monoisotopic (exact) mass is 315 g/mol. The van der Waals surface area contributed by atoms with Gasteiger partial charge in [-0.15, -0.1) is 34.0 Å². The standard InChI is InChI=1S/C14H9N3S3/c1-17(2)12-5-11-14(20-12)13-10(19-11)4-9(18-13)3-8(6-15)7-16/h3-5H,1-2H3. The molecule has 0 aliphatic rings. The molecule has 0 fully saturated rings. The highest BCUT2D eigenvalue weighted by atomic mass is 32.1. The van der Waals surface area contributed by atoms with Crippen molar-refractivity contribution in [1.29, 1.82) is 10.5 Å². The third kappa shape index (κ3) is 2.08. The molecule has 0 aliphatic carbocycles. The molecule has 3 aromatic heterocycles. The number of allylic oxidation sites excluding steroid dienone is 1. The summed E-state index contributed by atoms with van der Waals surface area (Å²) in [6.45, 7) is 0. The molecule has 0 saturated carbocycles. The Kier molecular flexibility index (Phi) is 3.23. The summed E-state index contributed by atoms with van der Waals surface area (Å²) in [5.41, 5.74) is 0.148. The highest BCUT2D eigenvalue weighted by Crippen LogP contribution is 2.46. The zero-order valence-electron chi connectivity index (χ0n) is 10.8. The van der Waals surface area contributed by atoms with Gasteiger partial charge in [0, 0.05) is 28.4 Å². The van der Waals surface area contributed by atoms with Gasteiger partial charge in [0.25, 0.3) is 0 Å². The first-order valence-corrected chi connectivity index (χ1v) is 8.22. The zero-order valence-corrected chi connectivity index (χ0v) is 13.2. The van der Waals surface area contributed by atoms with E-state index in [9.17, 15) is 0 Å². The molecule has 3 rings (SSSR count). The lowest BCUT2D eigenvalue weighted by Gasteiger charge is -2.06. The fraction of sp³-hybridized carbons (Fsp3) is 0.143. The molecule has 0 bridgehead atoms. The molecular formula is C14H9N3S3. The highest BCUT2D eigenvalue weighted by molar-refractivity contribution is 7.39. The molecule has 0 spiro atoms. The van der Waals surface area contributed by atoms with Gasteiger partial charge < -0.3 is 4.90 Å². The Hall–Kier alpha value is -1.86. The van der Waals surface area contributed by atoms with Gasteiger partial charge in [0.15, 0.2) is 0 Å². The quantitative estimate of drug-likeness (QED) is 0.645. The van der Waals surface area contributed by atoms with Crippen molar-refractivity contribution in [1.82, 2.24) is 0 Å². The van der Waals surface area contributed by atoms with Crippen molar-refractivity contribution in [3.05, 3.63) is 22.6 Å². The molecular weight excluding hydrogens is 306 g/mol. The van der Waals surface area contributed by atoms with Crippen LogP contribution in [0.2, 0.25) is 0 Å². The molecule has 6 heteroatoms. The number of rotatable bonds is 2. The Labute approximate surface area is 128 Å². The molecule has 0 aromatic carbocycles. The van der Waals surface area contributed by atoms with Gasteiger partial charge in [-0.2, -0.15) is 10.5 Å². The predicted molar refractivity (Wildman–Crippen MR) is 88.6 cm³/mol. The number of fused-ring (bicyclic) bond motifs is 3. The van der Waals surface area contributed by atoms with E-state index in [0.29, 0.717) is 0 Å². The fourth-order valence-corrected chi connectivity index (χ4v) is 5.76. The highest BCUT2D eigenvalue weighted by Gasteiger charge is 2.13. The van der Waals surface area contributed by atoms with Crippen LogP contribution in [0.25, 0.3) is 24.9 Å². The second-order valence-electron chi connectivity index (χ2n) is 4.40. The number of nitrogens with zero attached hydrogens (tertiary/aromatic N) is 3. The number of hydrogen-bond acceptors (Lipinski definition) is 6. The minimum Gasteiger partial charge on any atom is -0.370 e. The largest absolute Gasteiger partial charge is 0.370 e. The van der Waals surface area contributed by atoms with Crippen molar-refractivity contribution >= 4 is 63.9 Å². The second kappa shape index (κ2) is 4.92. The average Bonchev–Trinajstić information content (AvgIpc) is 3.05. The smallest absolute Gasteiger partial charge is 0.131 e. The fourth-order valence-electron chi connectivity index (χ4n) is 1.86. The van der Waals surface area contributed by atoms with Crippen molar-refractivity contribution in [2.24, 2.45) is 0 Å². The van der Waals surface area contributed by atoms with Crippen molar-refractivity contribution in [3.63, 3.8) is 0 Å². The van der Waals surface area contributed by atoms with Crippen LogP contribution in [0.5, 0.6) is 0 Å². The molecule has 3 nitrogen and oxygen atoms in total. The van der Waals surface area contributed by atoms with E-state index in [-0.39, 0.29) is 5.57 Å². The van der Waals surface area contributed by atoms with E-state index in [2.05, 4.69) is 17.0 Å². The lowest BCUT2D eigenvalue weighted by molar-refractivity contribution is 1.16. The van der Waals surface area contributed by atoms with Gasteiger partial charge >= 0.3 is 0 Å². The first-order chi connectivity index (χ1) is 9.62. The number of hydrogen-bond donors (Lipinski definition) is 0. The molecule has 20 heavy (non-hydrogen) atoms. The van der Waals surface area contributed by atoms with E-state index < -0.39 is 0 Å². The first kappa shape index (κ1) is 13.1. The summed E-state index contributed by atoms with van der Waals surface area (Å²) >= 11 is 5.18. The van der Waals surface area contributed by atoms with Gasteiger partial charge in [-0.3, -0.25) is 0 Å². The molecule has 0 saturated heterocycles. The van der Waals surface area contributed by atoms with Gasteiger partial charge in [-0.25, -0.2) is 0 Å². The van der Waals surface area contributed by atoms with E-state index in [0.717, 1.165) is 4.88 Å². The molecule has 0 radical (unpaired) electrons. The van der Waals surface area contributed by atoms with Crippen LogP contribution in [-0.4, -0.2) is 14.1 Å². The first-order valence-electron chi connectivity index (χ1n) is 5.77. The SMILES string of the molecule is CN(C)c1cc2sc3cc(C=C(C#N)C#N)sc3c2s1. The van der Waals surface area contributed by atoms with Gasteiger partial charge in [-0.1, -0.05) is 0 Å². The van der Waals surface area contributed by atoms with E-state index in [1.54, 1.807) is 40.1 Å². The molecule has 3 heterocycles. The van der Waals surface area contributed by atoms with Crippen LogP contribution in [0.4, 0.5) is 5.00 Å². The van der Waals surface area contributed by atoms with Crippen LogP contribution in [-0.2, 0) is 0 Å². The third-order valence-electron chi connectivity index (χ3n) is 2.80. The molecule has 0 unspecified atom stereocenters. The number of nitriles is 2. The van der Waals surface area contributed by atoms with E-state index in [1.807, 2.05) is 26.2 Å². The van der Waals surface area contributed by atoms with Crippen molar-refractivity contribution in [3.8, 4) is 12.1 Å². The Balaban J connectivity index is 2.15. The van der Waals surface area contributed by atoms with Crippen molar-refractivity contribution < 1.29 is 0 Å². The van der Waals surface area contributed by atoms with Crippen LogP contribution < -0.4 is 4.90 Å². The Bertz CT molecular complexity index is 893. The van der Waals surface area contributed by atoms with Crippen molar-refractivity contribution in [2.75, 3.05) is 19.0 Å². The third-order valence-corrected chi connectivity index (χ3v) is 6.69. The molecule has 0 aliphatic heterocycles. The van der Waals surface area contributed by atoms with Crippen LogP contribution >= 0.6 is 34.0 Å². The lowest BCUT2D eigenvalue weighted by atomic mass is 10.3. The van der Waals surface area contributed by atoms with Gasteiger partial charge in [-0.05, 0) is 18.2 Å². The number of anilines is 1. The van der Waals surface area contributed by atoms with Crippen LogP contribution in [0.3, 0.4) is 0 Å².